The maximum atomic E-state index is 5.74. The summed E-state index contributed by atoms with van der Waals surface area (Å²) >= 11 is 0. The molecule has 14 heavy (non-hydrogen) atoms. The molecule has 0 amide bonds. The molecule has 0 radical (unpaired) electrons. The molecule has 5 heteroatoms. The average molecular weight is 196 g/mol. The fraction of sp³-hybridized carbons (Fsp3) is 0.333. The van der Waals surface area contributed by atoms with Gasteiger partial charge >= 0.3 is 0 Å². The molecule has 0 rings (SSSR count). The predicted molar refractivity (Wildman–Crippen MR) is 58.8 cm³/mol. The highest BCUT2D eigenvalue weighted by atomic mass is 16.6. The van der Waals surface area contributed by atoms with E-state index in [1.807, 2.05) is 0 Å². The van der Waals surface area contributed by atoms with Crippen molar-refractivity contribution in [1.82, 2.24) is 0 Å². The van der Waals surface area contributed by atoms with Crippen molar-refractivity contribution in [3.63, 3.8) is 0 Å². The number of hydrogen-bond donors (Lipinski definition) is 2. The van der Waals surface area contributed by atoms with Crippen molar-refractivity contribution >= 4 is 12.6 Å². The topological polar surface area (TPSA) is 86.0 Å². The molecule has 0 fully saturated rings. The number of allylic oxidation sites excluding steroid dienone is 2. The van der Waals surface area contributed by atoms with Crippen LogP contribution in [0.2, 0.25) is 0 Å². The average Bonchev–Trinajstić information content (AvgIpc) is 2.19. The maximum absolute atomic E-state index is 5.74. The van der Waals surface area contributed by atoms with Crippen LogP contribution in [0.15, 0.2) is 33.1 Å². The Bertz CT molecular complexity index is 302. The largest absolute Gasteiger partial charge is 0.416 e. The van der Waals surface area contributed by atoms with Gasteiger partial charge < -0.3 is 10.6 Å². The molecule has 0 aromatic heterocycles. The molecule has 0 atom stereocenters. The minimum Gasteiger partial charge on any atom is -0.416 e. The quantitative estimate of drug-likeness (QED) is 0.229. The Labute approximate surface area is 83.8 Å². The Morgan fingerprint density at radius 3 is 2.36 bits per heavy atom. The van der Waals surface area contributed by atoms with Crippen LogP contribution in [-0.4, -0.2) is 19.6 Å². The van der Waals surface area contributed by atoms with Crippen molar-refractivity contribution in [2.75, 3.05) is 7.05 Å². The zero-order valence-corrected chi connectivity index (χ0v) is 8.74. The first kappa shape index (κ1) is 12.4. The summed E-state index contributed by atoms with van der Waals surface area (Å²) in [6.07, 6.45) is 1.60. The van der Waals surface area contributed by atoms with E-state index >= 15 is 0 Å². The van der Waals surface area contributed by atoms with Crippen molar-refractivity contribution in [3.05, 3.63) is 23.1 Å². The van der Waals surface area contributed by atoms with Gasteiger partial charge in [-0.15, -0.1) is 0 Å². The second-order valence-electron chi connectivity index (χ2n) is 2.66. The van der Waals surface area contributed by atoms with Gasteiger partial charge in [-0.25, -0.2) is 4.99 Å². The summed E-state index contributed by atoms with van der Waals surface area (Å²) in [5, 5.41) is 0. The highest BCUT2D eigenvalue weighted by Gasteiger charge is 2.02. The Hall–Kier alpha value is -1.62. The van der Waals surface area contributed by atoms with E-state index in [4.69, 9.17) is 11.6 Å². The van der Waals surface area contributed by atoms with Crippen LogP contribution in [-0.2, 0) is 4.84 Å². The Balaban J connectivity index is 5.02. The molecule has 4 N–H and O–H groups in total. The van der Waals surface area contributed by atoms with Gasteiger partial charge in [0, 0.05) is 24.4 Å². The number of aliphatic imine (C=N–C) groups is 2. The molecule has 0 bridgehead atoms. The van der Waals surface area contributed by atoms with Gasteiger partial charge in [-0.3, -0.25) is 4.99 Å². The number of nitrogens with two attached hydrogens (primary N) is 2. The third kappa shape index (κ3) is 3.40. The zero-order chi connectivity index (χ0) is 11.1. The Morgan fingerprint density at radius 2 is 2.00 bits per heavy atom. The standard InChI is InChI=1S/C9H16N4O/c1-6(14-11)5-8(10)7(2)9(12-3)13-4/h5H,3,10-11H2,1-2,4H3/b6-5+,8-7?,13-9?. The SMILES string of the molecule is C=NC(=NC)C(C)=C(N)/C=C(\C)ON. The van der Waals surface area contributed by atoms with Crippen LogP contribution in [0.4, 0.5) is 0 Å². The molecule has 0 aliphatic rings. The number of rotatable bonds is 3. The normalized spacial score (nSPS) is 14.9. The van der Waals surface area contributed by atoms with Crippen LogP contribution in [0, 0.1) is 0 Å². The molecule has 0 heterocycles. The van der Waals surface area contributed by atoms with E-state index in [-0.39, 0.29) is 0 Å². The van der Waals surface area contributed by atoms with E-state index in [2.05, 4.69) is 21.5 Å². The van der Waals surface area contributed by atoms with Crippen LogP contribution < -0.4 is 11.6 Å². The maximum Gasteiger partial charge on any atom is 0.151 e. The summed E-state index contributed by atoms with van der Waals surface area (Å²) < 4.78 is 0. The summed E-state index contributed by atoms with van der Waals surface area (Å²) in [4.78, 5) is 12.1. The van der Waals surface area contributed by atoms with Gasteiger partial charge in [-0.2, -0.15) is 5.90 Å². The van der Waals surface area contributed by atoms with Crippen molar-refractivity contribution in [2.45, 2.75) is 13.8 Å². The van der Waals surface area contributed by atoms with Gasteiger partial charge in [-0.1, -0.05) is 0 Å². The van der Waals surface area contributed by atoms with Crippen molar-refractivity contribution in [2.24, 2.45) is 21.6 Å². The van der Waals surface area contributed by atoms with Crippen LogP contribution >= 0.6 is 0 Å². The fourth-order valence-corrected chi connectivity index (χ4v) is 0.847. The third-order valence-corrected chi connectivity index (χ3v) is 1.67. The summed E-state index contributed by atoms with van der Waals surface area (Å²) in [6.45, 7) is 6.88. The monoisotopic (exact) mass is 196 g/mol. The van der Waals surface area contributed by atoms with Crippen molar-refractivity contribution < 1.29 is 4.84 Å². The lowest BCUT2D eigenvalue weighted by Gasteiger charge is -2.03. The first-order valence-electron chi connectivity index (χ1n) is 4.02. The van der Waals surface area contributed by atoms with Gasteiger partial charge in [-0.05, 0) is 20.6 Å². The van der Waals surface area contributed by atoms with Crippen molar-refractivity contribution in [1.29, 1.82) is 0 Å². The van der Waals surface area contributed by atoms with Crippen LogP contribution in [0.5, 0.6) is 0 Å². The van der Waals surface area contributed by atoms with Gasteiger partial charge in [0.25, 0.3) is 0 Å². The number of hydrogen-bond acceptors (Lipinski definition) is 4. The third-order valence-electron chi connectivity index (χ3n) is 1.67. The van der Waals surface area contributed by atoms with E-state index in [1.165, 1.54) is 0 Å². The lowest BCUT2D eigenvalue weighted by Crippen LogP contribution is -2.07. The first-order chi connectivity index (χ1) is 6.56. The molecule has 78 valence electrons. The molecular formula is C9H16N4O. The van der Waals surface area contributed by atoms with Gasteiger partial charge in [0.15, 0.2) is 5.84 Å². The van der Waals surface area contributed by atoms with Crippen molar-refractivity contribution in [3.8, 4) is 0 Å². The van der Waals surface area contributed by atoms with Gasteiger partial charge in [0.2, 0.25) is 0 Å². The highest BCUT2D eigenvalue weighted by Crippen LogP contribution is 2.06. The molecule has 0 unspecified atom stereocenters. The second-order valence-corrected chi connectivity index (χ2v) is 2.66. The van der Waals surface area contributed by atoms with E-state index in [9.17, 15) is 0 Å². The summed E-state index contributed by atoms with van der Waals surface area (Å²) in [5.41, 5.74) is 6.98. The van der Waals surface area contributed by atoms with E-state index in [1.54, 1.807) is 27.0 Å². The van der Waals surface area contributed by atoms with Gasteiger partial charge in [0.1, 0.15) is 5.76 Å². The van der Waals surface area contributed by atoms with Crippen LogP contribution in [0.1, 0.15) is 13.8 Å². The smallest absolute Gasteiger partial charge is 0.151 e. The number of nitrogens with zero attached hydrogens (tertiary/aromatic N) is 2. The summed E-state index contributed by atoms with van der Waals surface area (Å²) in [7, 11) is 1.62. The molecule has 0 saturated carbocycles. The van der Waals surface area contributed by atoms with E-state index in [0.717, 1.165) is 5.57 Å². The molecule has 0 spiro atoms. The van der Waals surface area contributed by atoms with Gasteiger partial charge in [0.05, 0.1) is 0 Å². The fourth-order valence-electron chi connectivity index (χ4n) is 0.847. The summed E-state index contributed by atoms with van der Waals surface area (Å²) in [6, 6.07) is 0. The van der Waals surface area contributed by atoms with Crippen LogP contribution in [0.3, 0.4) is 0 Å². The molecule has 0 aliphatic carbocycles. The molecule has 0 aromatic carbocycles. The predicted octanol–water partition coefficient (Wildman–Crippen LogP) is 0.742. The zero-order valence-electron chi connectivity index (χ0n) is 8.74. The molecule has 5 nitrogen and oxygen atoms in total. The molecular weight excluding hydrogens is 180 g/mol. The van der Waals surface area contributed by atoms with E-state index < -0.39 is 0 Å². The van der Waals surface area contributed by atoms with E-state index in [0.29, 0.717) is 17.3 Å². The molecule has 0 aromatic rings. The Morgan fingerprint density at radius 1 is 1.43 bits per heavy atom. The molecule has 0 saturated heterocycles. The molecule has 0 aliphatic heterocycles. The lowest BCUT2D eigenvalue weighted by atomic mass is 10.2. The Kier molecular flexibility index (Phi) is 5.24. The van der Waals surface area contributed by atoms with Crippen LogP contribution in [0.25, 0.3) is 0 Å². The minimum atomic E-state index is 0.501. The number of amidine groups is 1. The summed E-state index contributed by atoms with van der Waals surface area (Å²) in [5.74, 6) is 5.97. The first-order valence-corrected chi connectivity index (χ1v) is 4.02. The highest BCUT2D eigenvalue weighted by molar-refractivity contribution is 6.01. The minimum absolute atomic E-state index is 0.501. The second kappa shape index (κ2) is 5.93. The lowest BCUT2D eigenvalue weighted by molar-refractivity contribution is 0.222.